The van der Waals surface area contributed by atoms with Crippen molar-refractivity contribution in [1.82, 2.24) is 4.90 Å². The molecule has 1 fully saturated rings. The van der Waals surface area contributed by atoms with Crippen LogP contribution in [0.4, 0.5) is 0 Å². The third-order valence-electron chi connectivity index (χ3n) is 2.95. The maximum atomic E-state index is 5.68. The molecule has 2 nitrogen and oxygen atoms in total. The van der Waals surface area contributed by atoms with Crippen LogP contribution < -0.4 is 0 Å². The van der Waals surface area contributed by atoms with Crippen molar-refractivity contribution in [3.8, 4) is 0 Å². The third-order valence-corrected chi connectivity index (χ3v) is 4.46. The first-order valence-electron chi connectivity index (χ1n) is 5.97. The van der Waals surface area contributed by atoms with Crippen molar-refractivity contribution in [1.29, 1.82) is 0 Å². The Labute approximate surface area is 102 Å². The first-order chi connectivity index (χ1) is 7.07. The van der Waals surface area contributed by atoms with Crippen LogP contribution in [0.25, 0.3) is 0 Å². The molecule has 15 heavy (non-hydrogen) atoms. The molecule has 0 bridgehead atoms. The Morgan fingerprint density at radius 3 is 2.67 bits per heavy atom. The summed E-state index contributed by atoms with van der Waals surface area (Å²) in [6, 6.07) is 0. The normalized spacial score (nSPS) is 22.6. The van der Waals surface area contributed by atoms with Crippen LogP contribution in [0.15, 0.2) is 0 Å². The Bertz CT molecular complexity index is 178. The molecule has 0 aromatic carbocycles. The van der Waals surface area contributed by atoms with Gasteiger partial charge in [-0.05, 0) is 24.8 Å². The number of alkyl halides is 1. The average Bonchev–Trinajstić information content (AvgIpc) is 2.69. The fraction of sp³-hybridized carbons (Fsp3) is 1.00. The first-order valence-corrected chi connectivity index (χ1v) is 7.09. The maximum absolute atomic E-state index is 5.68. The molecule has 0 aromatic rings. The summed E-state index contributed by atoms with van der Waals surface area (Å²) in [6.07, 6.45) is 2.96. The minimum Gasteiger partial charge on any atom is -0.377 e. The Balaban J connectivity index is 2.34. The number of ether oxygens (including phenoxy) is 1. The van der Waals surface area contributed by atoms with E-state index in [1.165, 1.54) is 12.8 Å². The minimum absolute atomic E-state index is 0.356. The molecule has 1 rings (SSSR count). The summed E-state index contributed by atoms with van der Waals surface area (Å²) in [6.45, 7) is 11.2. The zero-order valence-electron chi connectivity index (χ0n) is 10.3. The predicted octanol–water partition coefficient (Wildman–Crippen LogP) is 2.91. The van der Waals surface area contributed by atoms with E-state index < -0.39 is 0 Å². The predicted molar refractivity (Wildman–Crippen MR) is 68.7 cm³/mol. The van der Waals surface area contributed by atoms with Crippen molar-refractivity contribution in [2.24, 2.45) is 5.41 Å². The molecule has 90 valence electrons. The molecule has 1 aliphatic rings. The van der Waals surface area contributed by atoms with Crippen LogP contribution in [0, 0.1) is 5.41 Å². The Hall–Kier alpha value is 0.400. The molecule has 0 saturated carbocycles. The number of hydrogen-bond acceptors (Lipinski definition) is 2. The smallest absolute Gasteiger partial charge is 0.0702 e. The summed E-state index contributed by atoms with van der Waals surface area (Å²) < 4.78 is 5.68. The second-order valence-electron chi connectivity index (χ2n) is 5.26. The van der Waals surface area contributed by atoms with Crippen LogP contribution in [0.2, 0.25) is 0 Å². The molecule has 3 heteroatoms. The SMILES string of the molecule is CCN(CC1CCCO1)CC(C)(C)CBr. The van der Waals surface area contributed by atoms with Crippen molar-refractivity contribution >= 4 is 15.9 Å². The van der Waals surface area contributed by atoms with E-state index in [0.29, 0.717) is 11.5 Å². The van der Waals surface area contributed by atoms with Gasteiger partial charge in [0.15, 0.2) is 0 Å². The summed E-state index contributed by atoms with van der Waals surface area (Å²) in [4.78, 5) is 2.51. The highest BCUT2D eigenvalue weighted by atomic mass is 79.9. The first kappa shape index (κ1) is 13.5. The van der Waals surface area contributed by atoms with E-state index in [1.54, 1.807) is 0 Å². The van der Waals surface area contributed by atoms with Crippen molar-refractivity contribution in [3.05, 3.63) is 0 Å². The highest BCUT2D eigenvalue weighted by Crippen LogP contribution is 2.21. The highest BCUT2D eigenvalue weighted by Gasteiger charge is 2.23. The van der Waals surface area contributed by atoms with Gasteiger partial charge in [0.25, 0.3) is 0 Å². The third kappa shape index (κ3) is 4.83. The Kier molecular flexibility index (Phi) is 5.58. The molecule has 0 aliphatic carbocycles. The topological polar surface area (TPSA) is 12.5 Å². The summed E-state index contributed by atoms with van der Waals surface area (Å²) in [7, 11) is 0. The molecule has 0 aromatic heterocycles. The van der Waals surface area contributed by atoms with Crippen LogP contribution in [-0.2, 0) is 4.74 Å². The summed E-state index contributed by atoms with van der Waals surface area (Å²) >= 11 is 3.58. The largest absolute Gasteiger partial charge is 0.377 e. The molecule has 0 radical (unpaired) electrons. The van der Waals surface area contributed by atoms with E-state index in [-0.39, 0.29) is 0 Å². The van der Waals surface area contributed by atoms with Gasteiger partial charge >= 0.3 is 0 Å². The molecule has 1 atom stereocenters. The van der Waals surface area contributed by atoms with Gasteiger partial charge in [-0.15, -0.1) is 0 Å². The van der Waals surface area contributed by atoms with E-state index in [1.807, 2.05) is 0 Å². The zero-order chi connectivity index (χ0) is 11.3. The number of nitrogens with zero attached hydrogens (tertiary/aromatic N) is 1. The Morgan fingerprint density at radius 2 is 2.20 bits per heavy atom. The zero-order valence-corrected chi connectivity index (χ0v) is 11.8. The molecule has 1 aliphatic heterocycles. The molecule has 0 amide bonds. The van der Waals surface area contributed by atoms with Crippen molar-refractivity contribution in [3.63, 3.8) is 0 Å². The lowest BCUT2D eigenvalue weighted by molar-refractivity contribution is 0.0641. The lowest BCUT2D eigenvalue weighted by Gasteiger charge is -2.32. The molecule has 1 saturated heterocycles. The molecule has 0 N–H and O–H groups in total. The fourth-order valence-electron chi connectivity index (χ4n) is 2.03. The Morgan fingerprint density at radius 1 is 1.47 bits per heavy atom. The highest BCUT2D eigenvalue weighted by molar-refractivity contribution is 9.09. The maximum Gasteiger partial charge on any atom is 0.0702 e. The van der Waals surface area contributed by atoms with Crippen molar-refractivity contribution in [2.75, 3.05) is 31.6 Å². The van der Waals surface area contributed by atoms with Gasteiger partial charge < -0.3 is 9.64 Å². The van der Waals surface area contributed by atoms with E-state index in [4.69, 9.17) is 4.74 Å². The van der Waals surface area contributed by atoms with Crippen LogP contribution in [0.5, 0.6) is 0 Å². The number of hydrogen-bond donors (Lipinski definition) is 0. The summed E-state index contributed by atoms with van der Waals surface area (Å²) in [5, 5.41) is 1.06. The second kappa shape index (κ2) is 6.21. The van der Waals surface area contributed by atoms with Crippen LogP contribution in [-0.4, -0.2) is 42.6 Å². The van der Waals surface area contributed by atoms with Gasteiger partial charge in [0.05, 0.1) is 6.10 Å². The van der Waals surface area contributed by atoms with Crippen molar-refractivity contribution in [2.45, 2.75) is 39.7 Å². The van der Waals surface area contributed by atoms with Gasteiger partial charge in [-0.25, -0.2) is 0 Å². The van der Waals surface area contributed by atoms with Gasteiger partial charge in [0.2, 0.25) is 0 Å². The standard InChI is InChI=1S/C12H24BrNO/c1-4-14(10-12(2,3)9-13)8-11-6-5-7-15-11/h11H,4-10H2,1-3H3. The van der Waals surface area contributed by atoms with Gasteiger partial charge in [-0.1, -0.05) is 36.7 Å². The summed E-state index contributed by atoms with van der Waals surface area (Å²) in [5.41, 5.74) is 0.356. The monoisotopic (exact) mass is 277 g/mol. The lowest BCUT2D eigenvalue weighted by Crippen LogP contribution is -2.39. The van der Waals surface area contributed by atoms with Crippen LogP contribution >= 0.6 is 15.9 Å². The molecular weight excluding hydrogens is 254 g/mol. The molecule has 1 heterocycles. The van der Waals surface area contributed by atoms with Gasteiger partial charge in [-0.2, -0.15) is 0 Å². The quantitative estimate of drug-likeness (QED) is 0.693. The van der Waals surface area contributed by atoms with Crippen molar-refractivity contribution < 1.29 is 4.74 Å². The number of likely N-dealkylation sites (N-methyl/N-ethyl adjacent to an activating group) is 1. The molecule has 1 unspecified atom stereocenters. The van der Waals surface area contributed by atoms with E-state index in [0.717, 1.165) is 31.6 Å². The molecule has 0 spiro atoms. The fourth-order valence-corrected chi connectivity index (χ4v) is 2.21. The number of rotatable bonds is 6. The van der Waals surface area contributed by atoms with Gasteiger partial charge in [-0.3, -0.25) is 0 Å². The van der Waals surface area contributed by atoms with Gasteiger partial charge in [0, 0.05) is 25.0 Å². The number of halogens is 1. The van der Waals surface area contributed by atoms with Crippen LogP contribution in [0.1, 0.15) is 33.6 Å². The lowest BCUT2D eigenvalue weighted by atomic mass is 9.95. The van der Waals surface area contributed by atoms with Gasteiger partial charge in [0.1, 0.15) is 0 Å². The average molecular weight is 278 g/mol. The van der Waals surface area contributed by atoms with E-state index in [2.05, 4.69) is 41.6 Å². The minimum atomic E-state index is 0.356. The van der Waals surface area contributed by atoms with E-state index in [9.17, 15) is 0 Å². The second-order valence-corrected chi connectivity index (χ2v) is 5.82. The summed E-state index contributed by atoms with van der Waals surface area (Å²) in [5.74, 6) is 0. The molecular formula is C12H24BrNO. The van der Waals surface area contributed by atoms with E-state index >= 15 is 0 Å². The van der Waals surface area contributed by atoms with Crippen LogP contribution in [0.3, 0.4) is 0 Å².